The van der Waals surface area contributed by atoms with Crippen LogP contribution in [0.3, 0.4) is 0 Å². The van der Waals surface area contributed by atoms with E-state index < -0.39 is 5.54 Å². The number of aliphatic hydroxyl groups is 1. The first-order chi connectivity index (χ1) is 14.6. The molecule has 1 atom stereocenters. The molecular weight excluding hydrogens is 374 g/mol. The molecule has 0 bridgehead atoms. The topological polar surface area (TPSA) is 60.8 Å². The van der Waals surface area contributed by atoms with Gasteiger partial charge in [0.15, 0.2) is 0 Å². The molecule has 1 aliphatic carbocycles. The van der Waals surface area contributed by atoms with Gasteiger partial charge >= 0.3 is 0 Å². The molecule has 0 aromatic heterocycles. The minimum Gasteiger partial charge on any atom is -0.512 e. The molecule has 0 radical (unpaired) electrons. The molecular formula is C26H21NO3. The van der Waals surface area contributed by atoms with Crippen molar-refractivity contribution in [3.8, 4) is 5.75 Å². The van der Waals surface area contributed by atoms with Crippen molar-refractivity contribution in [3.63, 3.8) is 0 Å². The molecule has 0 saturated carbocycles. The van der Waals surface area contributed by atoms with Crippen LogP contribution in [0, 0.1) is 0 Å². The molecule has 3 aromatic rings. The maximum absolute atomic E-state index is 13.7. The summed E-state index contributed by atoms with van der Waals surface area (Å²) < 4.78 is 0. The van der Waals surface area contributed by atoms with Crippen LogP contribution in [0.5, 0.6) is 5.75 Å². The molecule has 2 aliphatic rings. The number of carbonyl (C=O) groups is 1. The molecule has 2 N–H and O–H groups in total. The van der Waals surface area contributed by atoms with Gasteiger partial charge in [-0.2, -0.15) is 0 Å². The van der Waals surface area contributed by atoms with E-state index in [1.807, 2.05) is 77.7 Å². The number of rotatable bonds is 3. The molecule has 0 saturated heterocycles. The van der Waals surface area contributed by atoms with E-state index in [2.05, 4.69) is 0 Å². The quantitative estimate of drug-likeness (QED) is 0.619. The Morgan fingerprint density at radius 2 is 1.47 bits per heavy atom. The van der Waals surface area contributed by atoms with Gasteiger partial charge in [0, 0.05) is 17.7 Å². The number of benzene rings is 3. The van der Waals surface area contributed by atoms with Crippen molar-refractivity contribution < 1.29 is 15.0 Å². The molecule has 3 aromatic carbocycles. The number of para-hydroxylation sites is 1. The Kier molecular flexibility index (Phi) is 4.21. The third-order valence-electron chi connectivity index (χ3n) is 5.98. The van der Waals surface area contributed by atoms with Gasteiger partial charge in [-0.25, -0.2) is 0 Å². The average Bonchev–Trinajstić information content (AvgIpc) is 3.05. The summed E-state index contributed by atoms with van der Waals surface area (Å²) >= 11 is 0. The lowest BCUT2D eigenvalue weighted by Gasteiger charge is -2.42. The summed E-state index contributed by atoms with van der Waals surface area (Å²) in [6.07, 6.45) is 4.78. The smallest absolute Gasteiger partial charge is 0.259 e. The van der Waals surface area contributed by atoms with Gasteiger partial charge in [-0.05, 0) is 59.5 Å². The van der Waals surface area contributed by atoms with Crippen molar-refractivity contribution in [1.82, 2.24) is 0 Å². The number of amides is 1. The monoisotopic (exact) mass is 395 g/mol. The van der Waals surface area contributed by atoms with Crippen LogP contribution in [0.4, 0.5) is 5.69 Å². The number of aliphatic hydroxyl groups excluding tert-OH is 1. The minimum absolute atomic E-state index is 0.0652. The molecule has 30 heavy (non-hydrogen) atoms. The van der Waals surface area contributed by atoms with E-state index in [0.717, 1.165) is 22.4 Å². The summed E-state index contributed by atoms with van der Waals surface area (Å²) in [5.74, 6) is 0.445. The Morgan fingerprint density at radius 3 is 2.17 bits per heavy atom. The number of aromatic hydroxyl groups is 1. The Bertz CT molecular complexity index is 1180. The summed E-state index contributed by atoms with van der Waals surface area (Å²) in [7, 11) is 0. The number of fused-ring (bicyclic) bond motifs is 1. The van der Waals surface area contributed by atoms with E-state index >= 15 is 0 Å². The van der Waals surface area contributed by atoms with Gasteiger partial charge in [0.2, 0.25) is 0 Å². The Morgan fingerprint density at radius 1 is 0.767 bits per heavy atom. The third kappa shape index (κ3) is 2.57. The van der Waals surface area contributed by atoms with Gasteiger partial charge in [-0.15, -0.1) is 0 Å². The molecule has 1 aliphatic heterocycles. The summed E-state index contributed by atoms with van der Waals surface area (Å²) in [6.45, 7) is 0. The van der Waals surface area contributed by atoms with Crippen LogP contribution in [0.15, 0.2) is 102 Å². The van der Waals surface area contributed by atoms with Gasteiger partial charge in [0.1, 0.15) is 11.3 Å². The van der Waals surface area contributed by atoms with Crippen LogP contribution < -0.4 is 4.90 Å². The molecule has 0 fully saturated rings. The molecule has 1 amide bonds. The fourth-order valence-electron chi connectivity index (χ4n) is 4.68. The van der Waals surface area contributed by atoms with Crippen molar-refractivity contribution >= 4 is 11.6 Å². The molecule has 148 valence electrons. The average molecular weight is 395 g/mol. The standard InChI is InChI=1S/C26H21NO3/c28-21-14-10-18(11-15-21)26(19-12-16-22(29)17-13-19)24-9-5-4-8-23(24)25(30)27(26)20-6-2-1-3-7-20/h1-12,14-16,28-29H,13,17H2. The number of nitrogens with zero attached hydrogens (tertiary/aromatic N) is 1. The van der Waals surface area contributed by atoms with Gasteiger partial charge in [0.05, 0.1) is 5.76 Å². The van der Waals surface area contributed by atoms with Crippen molar-refractivity contribution in [1.29, 1.82) is 0 Å². The molecule has 4 heteroatoms. The van der Waals surface area contributed by atoms with E-state index in [0.29, 0.717) is 24.2 Å². The van der Waals surface area contributed by atoms with Crippen LogP contribution in [0.1, 0.15) is 34.3 Å². The predicted molar refractivity (Wildman–Crippen MR) is 117 cm³/mol. The Labute approximate surface area is 175 Å². The van der Waals surface area contributed by atoms with E-state index in [9.17, 15) is 15.0 Å². The van der Waals surface area contributed by atoms with Gasteiger partial charge in [-0.3, -0.25) is 9.69 Å². The molecule has 5 rings (SSSR count). The lowest BCUT2D eigenvalue weighted by atomic mass is 9.73. The second-order valence-corrected chi connectivity index (χ2v) is 7.63. The highest BCUT2D eigenvalue weighted by molar-refractivity contribution is 6.13. The first kappa shape index (κ1) is 18.3. The number of carbonyl (C=O) groups excluding carboxylic acids is 1. The summed E-state index contributed by atoms with van der Waals surface area (Å²) in [5, 5.41) is 19.9. The second-order valence-electron chi connectivity index (χ2n) is 7.63. The summed E-state index contributed by atoms with van der Waals surface area (Å²) in [4.78, 5) is 15.6. The molecule has 4 nitrogen and oxygen atoms in total. The first-order valence-electron chi connectivity index (χ1n) is 10.00. The minimum atomic E-state index is -0.861. The van der Waals surface area contributed by atoms with Crippen molar-refractivity contribution in [3.05, 3.63) is 119 Å². The highest BCUT2D eigenvalue weighted by Gasteiger charge is 2.53. The summed E-state index contributed by atoms with van der Waals surface area (Å²) in [6, 6.07) is 24.4. The summed E-state index contributed by atoms with van der Waals surface area (Å²) in [5.41, 5.74) is 3.42. The normalized spacial score (nSPS) is 20.5. The van der Waals surface area contributed by atoms with Crippen LogP contribution in [-0.2, 0) is 5.54 Å². The van der Waals surface area contributed by atoms with Crippen molar-refractivity contribution in [2.75, 3.05) is 4.90 Å². The van der Waals surface area contributed by atoms with Crippen LogP contribution in [0.25, 0.3) is 0 Å². The lowest BCUT2D eigenvalue weighted by molar-refractivity contribution is 0.0986. The number of anilines is 1. The number of allylic oxidation sites excluding steroid dienone is 3. The highest BCUT2D eigenvalue weighted by atomic mass is 16.3. The molecule has 1 unspecified atom stereocenters. The van der Waals surface area contributed by atoms with Crippen molar-refractivity contribution in [2.45, 2.75) is 18.4 Å². The fraction of sp³-hybridized carbons (Fsp3) is 0.115. The van der Waals surface area contributed by atoms with E-state index in [1.54, 1.807) is 18.2 Å². The van der Waals surface area contributed by atoms with Gasteiger partial charge in [-0.1, -0.05) is 54.6 Å². The third-order valence-corrected chi connectivity index (χ3v) is 5.98. The maximum atomic E-state index is 13.7. The number of phenolic OH excluding ortho intramolecular Hbond substituents is 1. The molecule has 0 spiro atoms. The highest BCUT2D eigenvalue weighted by Crippen LogP contribution is 2.53. The van der Waals surface area contributed by atoms with E-state index in [1.165, 1.54) is 0 Å². The zero-order valence-corrected chi connectivity index (χ0v) is 16.3. The Balaban J connectivity index is 1.88. The second kappa shape index (κ2) is 6.92. The number of phenols is 1. The van der Waals surface area contributed by atoms with Gasteiger partial charge in [0.25, 0.3) is 5.91 Å². The SMILES string of the molecule is O=C1c2ccccc2C(C2=CC=C(O)CC2)(c2ccc(O)cc2)N1c1ccccc1. The fourth-order valence-corrected chi connectivity index (χ4v) is 4.68. The predicted octanol–water partition coefficient (Wildman–Crippen LogP) is 5.46. The first-order valence-corrected chi connectivity index (χ1v) is 10.00. The number of hydrogen-bond acceptors (Lipinski definition) is 3. The number of hydrogen-bond donors (Lipinski definition) is 2. The zero-order chi connectivity index (χ0) is 20.7. The van der Waals surface area contributed by atoms with Crippen LogP contribution in [0.2, 0.25) is 0 Å². The zero-order valence-electron chi connectivity index (χ0n) is 16.3. The van der Waals surface area contributed by atoms with Gasteiger partial charge < -0.3 is 10.2 Å². The van der Waals surface area contributed by atoms with Crippen LogP contribution in [-0.4, -0.2) is 16.1 Å². The lowest BCUT2D eigenvalue weighted by Crippen LogP contribution is -2.47. The van der Waals surface area contributed by atoms with Crippen LogP contribution >= 0.6 is 0 Å². The maximum Gasteiger partial charge on any atom is 0.259 e. The van der Waals surface area contributed by atoms with E-state index in [4.69, 9.17) is 0 Å². The van der Waals surface area contributed by atoms with E-state index in [-0.39, 0.29) is 11.7 Å². The largest absolute Gasteiger partial charge is 0.512 e. The molecule has 1 heterocycles. The Hall–Kier alpha value is -3.79. The van der Waals surface area contributed by atoms with Crippen molar-refractivity contribution in [2.24, 2.45) is 0 Å².